The molecule has 0 atom stereocenters. The molecule has 1 aliphatic heterocycles. The van der Waals surface area contributed by atoms with Gasteiger partial charge in [-0.05, 0) is 64.2 Å². The summed E-state index contributed by atoms with van der Waals surface area (Å²) in [7, 11) is 1.49. The zero-order chi connectivity index (χ0) is 26.5. The van der Waals surface area contributed by atoms with Gasteiger partial charge in [-0.3, -0.25) is 24.6 Å². The molecule has 1 heterocycles. The van der Waals surface area contributed by atoms with Crippen LogP contribution in [-0.4, -0.2) is 28.1 Å². The van der Waals surface area contributed by atoms with Gasteiger partial charge in [0.2, 0.25) is 0 Å². The zero-order valence-corrected chi connectivity index (χ0v) is 22.3. The Morgan fingerprint density at radius 1 is 1.14 bits per heavy atom. The quantitative estimate of drug-likeness (QED) is 0.131. The molecule has 1 aliphatic rings. The fourth-order valence-corrected chi connectivity index (χ4v) is 5.27. The molecule has 3 aromatic rings. The van der Waals surface area contributed by atoms with Crippen molar-refractivity contribution in [1.29, 1.82) is 5.26 Å². The van der Waals surface area contributed by atoms with Gasteiger partial charge in [-0.2, -0.15) is 5.26 Å². The second kappa shape index (κ2) is 11.4. The SMILES string of the molecule is COc1cc(/C=C2/SC(=O)N(Cc3ccccc3[N+](=O)[O-])C2=O)cc(I)c1OCc1ccccc1C#N. The number of benzene rings is 3. The predicted molar refractivity (Wildman–Crippen MR) is 146 cm³/mol. The molecule has 4 rings (SSSR count). The summed E-state index contributed by atoms with van der Waals surface area (Å²) in [5.74, 6) is 0.375. The first-order valence-corrected chi connectivity index (χ1v) is 12.7. The molecular weight excluding hydrogens is 609 g/mol. The number of imide groups is 1. The Morgan fingerprint density at radius 2 is 1.84 bits per heavy atom. The summed E-state index contributed by atoms with van der Waals surface area (Å²) in [5.41, 5.74) is 1.98. The number of methoxy groups -OCH3 is 1. The van der Waals surface area contributed by atoms with Crippen LogP contribution in [0.2, 0.25) is 0 Å². The van der Waals surface area contributed by atoms with E-state index >= 15 is 0 Å². The fourth-order valence-electron chi connectivity index (χ4n) is 3.65. The van der Waals surface area contributed by atoms with Crippen LogP contribution >= 0.6 is 34.4 Å². The Kier molecular flexibility index (Phi) is 8.10. The average Bonchev–Trinajstić information content (AvgIpc) is 3.15. The fraction of sp³-hybridized carbons (Fsp3) is 0.115. The molecule has 1 fully saturated rings. The van der Waals surface area contributed by atoms with Gasteiger partial charge in [0.25, 0.3) is 16.8 Å². The molecule has 37 heavy (non-hydrogen) atoms. The zero-order valence-electron chi connectivity index (χ0n) is 19.3. The Bertz CT molecular complexity index is 1480. The van der Waals surface area contributed by atoms with Crippen molar-refractivity contribution in [2.24, 2.45) is 0 Å². The highest BCUT2D eigenvalue weighted by atomic mass is 127. The summed E-state index contributed by atoms with van der Waals surface area (Å²) in [4.78, 5) is 37.5. The second-order valence-corrected chi connectivity index (χ2v) is 9.90. The summed E-state index contributed by atoms with van der Waals surface area (Å²) < 4.78 is 12.2. The Hall–Kier alpha value is -3.89. The van der Waals surface area contributed by atoms with Crippen molar-refractivity contribution in [3.63, 3.8) is 0 Å². The molecule has 0 unspecified atom stereocenters. The lowest BCUT2D eigenvalue weighted by atomic mass is 10.1. The smallest absolute Gasteiger partial charge is 0.293 e. The van der Waals surface area contributed by atoms with E-state index in [1.54, 1.807) is 36.4 Å². The Morgan fingerprint density at radius 3 is 2.54 bits per heavy atom. The molecule has 186 valence electrons. The number of thioether (sulfide) groups is 1. The monoisotopic (exact) mass is 627 g/mol. The van der Waals surface area contributed by atoms with Gasteiger partial charge < -0.3 is 9.47 Å². The van der Waals surface area contributed by atoms with Crippen LogP contribution in [0.4, 0.5) is 10.5 Å². The van der Waals surface area contributed by atoms with Gasteiger partial charge in [0.1, 0.15) is 6.61 Å². The summed E-state index contributed by atoms with van der Waals surface area (Å²) in [5, 5.41) is 20.1. The number of rotatable bonds is 8. The van der Waals surface area contributed by atoms with E-state index < -0.39 is 16.1 Å². The van der Waals surface area contributed by atoms with Gasteiger partial charge in [-0.15, -0.1) is 0 Å². The highest BCUT2D eigenvalue weighted by Gasteiger charge is 2.36. The maximum absolute atomic E-state index is 13.0. The van der Waals surface area contributed by atoms with Crippen molar-refractivity contribution < 1.29 is 24.0 Å². The minimum Gasteiger partial charge on any atom is -0.493 e. The van der Waals surface area contributed by atoms with Gasteiger partial charge in [-0.1, -0.05) is 36.4 Å². The summed E-state index contributed by atoms with van der Waals surface area (Å²) in [6.07, 6.45) is 1.57. The molecule has 9 nitrogen and oxygen atoms in total. The topological polar surface area (TPSA) is 123 Å². The molecule has 0 spiro atoms. The Balaban J connectivity index is 1.56. The number of hydrogen-bond acceptors (Lipinski definition) is 8. The van der Waals surface area contributed by atoms with Gasteiger partial charge in [-0.25, -0.2) is 0 Å². The highest BCUT2D eigenvalue weighted by molar-refractivity contribution is 14.1. The molecule has 3 aromatic carbocycles. The van der Waals surface area contributed by atoms with Gasteiger partial charge >= 0.3 is 0 Å². The van der Waals surface area contributed by atoms with Crippen molar-refractivity contribution in [3.05, 3.63) is 102 Å². The third kappa shape index (κ3) is 5.76. The van der Waals surface area contributed by atoms with Crippen LogP contribution in [0.5, 0.6) is 11.5 Å². The van der Waals surface area contributed by atoms with E-state index in [1.165, 1.54) is 25.3 Å². The van der Waals surface area contributed by atoms with Crippen molar-refractivity contribution >= 4 is 57.3 Å². The molecule has 0 aromatic heterocycles. The number of para-hydroxylation sites is 1. The summed E-state index contributed by atoms with van der Waals surface area (Å²) in [6, 6.07) is 18.7. The normalized spacial score (nSPS) is 14.1. The van der Waals surface area contributed by atoms with Crippen molar-refractivity contribution in [1.82, 2.24) is 4.90 Å². The van der Waals surface area contributed by atoms with E-state index in [0.717, 1.165) is 22.2 Å². The largest absolute Gasteiger partial charge is 0.493 e. The van der Waals surface area contributed by atoms with E-state index in [4.69, 9.17) is 9.47 Å². The van der Waals surface area contributed by atoms with Crippen LogP contribution in [0, 0.1) is 25.0 Å². The van der Waals surface area contributed by atoms with Crippen LogP contribution < -0.4 is 9.47 Å². The van der Waals surface area contributed by atoms with Crippen molar-refractivity contribution in [3.8, 4) is 17.6 Å². The molecule has 1 saturated heterocycles. The molecule has 0 radical (unpaired) electrons. The molecule has 0 saturated carbocycles. The number of nitriles is 1. The predicted octanol–water partition coefficient (Wildman–Crippen LogP) is 5.90. The second-order valence-electron chi connectivity index (χ2n) is 7.75. The number of carbonyl (C=O) groups is 2. The first kappa shape index (κ1) is 26.2. The van der Waals surface area contributed by atoms with E-state index in [2.05, 4.69) is 28.7 Å². The van der Waals surface area contributed by atoms with Gasteiger partial charge in [0.15, 0.2) is 11.5 Å². The van der Waals surface area contributed by atoms with Crippen molar-refractivity contribution in [2.75, 3.05) is 7.11 Å². The van der Waals surface area contributed by atoms with Crippen LogP contribution in [0.25, 0.3) is 6.08 Å². The van der Waals surface area contributed by atoms with Crippen LogP contribution in [0.15, 0.2) is 65.6 Å². The minimum atomic E-state index is -0.541. The Labute approximate surface area is 230 Å². The molecule has 11 heteroatoms. The number of nitrogens with zero attached hydrogens (tertiary/aromatic N) is 3. The number of amides is 2. The lowest BCUT2D eigenvalue weighted by Crippen LogP contribution is -2.27. The molecule has 0 bridgehead atoms. The first-order chi connectivity index (χ1) is 17.8. The maximum atomic E-state index is 13.0. The number of nitro groups is 1. The third-order valence-electron chi connectivity index (χ3n) is 5.45. The first-order valence-electron chi connectivity index (χ1n) is 10.8. The molecule has 0 aliphatic carbocycles. The average molecular weight is 627 g/mol. The van der Waals surface area contributed by atoms with Crippen LogP contribution in [-0.2, 0) is 17.9 Å². The van der Waals surface area contributed by atoms with E-state index in [9.17, 15) is 25.0 Å². The summed E-state index contributed by atoms with van der Waals surface area (Å²) in [6.45, 7) is -0.0308. The van der Waals surface area contributed by atoms with Gasteiger partial charge in [0, 0.05) is 17.2 Å². The van der Waals surface area contributed by atoms with E-state index in [0.29, 0.717) is 26.2 Å². The number of hydrogen-bond donors (Lipinski definition) is 0. The van der Waals surface area contributed by atoms with Crippen LogP contribution in [0.1, 0.15) is 22.3 Å². The molecular formula is C26H18IN3O6S. The lowest BCUT2D eigenvalue weighted by Gasteiger charge is -2.14. The third-order valence-corrected chi connectivity index (χ3v) is 7.16. The number of nitro benzene ring substituents is 1. The highest BCUT2D eigenvalue weighted by Crippen LogP contribution is 2.38. The number of ether oxygens (including phenoxy) is 2. The number of halogens is 1. The molecule has 2 amide bonds. The number of carbonyl (C=O) groups excluding carboxylic acids is 2. The van der Waals surface area contributed by atoms with Crippen LogP contribution in [0.3, 0.4) is 0 Å². The van der Waals surface area contributed by atoms with Gasteiger partial charge in [0.05, 0.1) is 38.7 Å². The molecule has 0 N–H and O–H groups in total. The summed E-state index contributed by atoms with van der Waals surface area (Å²) >= 11 is 2.86. The van der Waals surface area contributed by atoms with Crippen molar-refractivity contribution in [2.45, 2.75) is 13.2 Å². The lowest BCUT2D eigenvalue weighted by molar-refractivity contribution is -0.385. The maximum Gasteiger partial charge on any atom is 0.293 e. The standard InChI is InChI=1S/C26H18IN3O6S/c1-35-22-11-16(10-20(27)24(22)36-15-19-8-3-2-6-17(19)13-28)12-23-25(31)29(26(32)37-23)14-18-7-4-5-9-21(18)30(33)34/h2-12H,14-15H2,1H3/b23-12+. The van der Waals surface area contributed by atoms with E-state index in [1.807, 2.05) is 12.1 Å². The minimum absolute atomic E-state index is 0.155. The van der Waals surface area contributed by atoms with E-state index in [-0.39, 0.29) is 29.3 Å².